The lowest BCUT2D eigenvalue weighted by atomic mass is 9.90. The Labute approximate surface area is 165 Å². The van der Waals surface area contributed by atoms with Gasteiger partial charge < -0.3 is 18.9 Å². The predicted octanol–water partition coefficient (Wildman–Crippen LogP) is 4.93. The molecule has 0 unspecified atom stereocenters. The molecular weight excluding hydrogens is 356 g/mol. The molecule has 2 aliphatic heterocycles. The average molecular weight is 382 g/mol. The van der Waals surface area contributed by atoms with Crippen molar-refractivity contribution in [3.8, 4) is 11.5 Å². The van der Waals surface area contributed by atoms with Crippen LogP contribution in [0.2, 0.25) is 0 Å². The quantitative estimate of drug-likeness (QED) is 0.607. The van der Waals surface area contributed by atoms with E-state index in [1.165, 1.54) is 0 Å². The number of rotatable bonds is 8. The Kier molecular flexibility index (Phi) is 5.33. The summed E-state index contributed by atoms with van der Waals surface area (Å²) in [6.07, 6.45) is 0. The number of hydrogen-bond acceptors (Lipinski definition) is 6. The van der Waals surface area contributed by atoms with Crippen LogP contribution in [0.1, 0.15) is 13.8 Å². The van der Waals surface area contributed by atoms with Crippen molar-refractivity contribution < 1.29 is 18.9 Å². The third-order valence-electron chi connectivity index (χ3n) is 4.93. The molecular formula is C22H26N2O4. The third kappa shape index (κ3) is 4.69. The molecule has 2 fully saturated rings. The summed E-state index contributed by atoms with van der Waals surface area (Å²) >= 11 is 0. The summed E-state index contributed by atoms with van der Waals surface area (Å²) in [5, 5.41) is 8.57. The minimum Gasteiger partial charge on any atom is -0.493 e. The van der Waals surface area contributed by atoms with Gasteiger partial charge in [0.2, 0.25) is 0 Å². The van der Waals surface area contributed by atoms with Crippen molar-refractivity contribution >= 4 is 11.4 Å². The molecule has 0 bridgehead atoms. The molecule has 6 nitrogen and oxygen atoms in total. The molecule has 0 atom stereocenters. The molecule has 6 heteroatoms. The molecule has 0 amide bonds. The first-order valence-electron chi connectivity index (χ1n) is 9.55. The van der Waals surface area contributed by atoms with Gasteiger partial charge in [-0.05, 0) is 48.5 Å². The first kappa shape index (κ1) is 18.9. The van der Waals surface area contributed by atoms with Gasteiger partial charge in [-0.3, -0.25) is 0 Å². The van der Waals surface area contributed by atoms with Crippen molar-refractivity contribution in [2.75, 3.05) is 39.6 Å². The fourth-order valence-electron chi connectivity index (χ4n) is 2.92. The van der Waals surface area contributed by atoms with E-state index in [1.807, 2.05) is 48.5 Å². The van der Waals surface area contributed by atoms with Gasteiger partial charge in [0.25, 0.3) is 0 Å². The van der Waals surface area contributed by atoms with Crippen LogP contribution >= 0.6 is 0 Å². The monoisotopic (exact) mass is 382 g/mol. The Hall–Kier alpha value is -2.44. The Bertz CT molecular complexity index is 740. The molecule has 2 saturated heterocycles. The molecule has 28 heavy (non-hydrogen) atoms. The van der Waals surface area contributed by atoms with Gasteiger partial charge in [0.15, 0.2) is 0 Å². The molecule has 148 valence electrons. The van der Waals surface area contributed by atoms with Crippen molar-refractivity contribution in [1.82, 2.24) is 0 Å². The second-order valence-corrected chi connectivity index (χ2v) is 8.37. The standard InChI is InChI=1S/C22H26N2O4/c1-21(11-25-12-21)15-27-19-7-3-17(4-8-19)23-24-18-5-9-20(10-6-18)28-16-22(2)13-26-14-22/h3-10H,11-16H2,1-2H3. The zero-order valence-corrected chi connectivity index (χ0v) is 16.4. The smallest absolute Gasteiger partial charge is 0.119 e. The van der Waals surface area contributed by atoms with Gasteiger partial charge in [0.1, 0.15) is 11.5 Å². The normalized spacial score (nSPS) is 19.6. The Balaban J connectivity index is 1.27. The molecule has 4 rings (SSSR count). The van der Waals surface area contributed by atoms with Gasteiger partial charge in [-0.15, -0.1) is 0 Å². The summed E-state index contributed by atoms with van der Waals surface area (Å²) in [6, 6.07) is 15.3. The number of benzene rings is 2. The van der Waals surface area contributed by atoms with Crippen molar-refractivity contribution in [2.24, 2.45) is 21.1 Å². The Morgan fingerprint density at radius 3 is 1.32 bits per heavy atom. The fraction of sp³-hybridized carbons (Fsp3) is 0.455. The molecule has 0 aromatic heterocycles. The van der Waals surface area contributed by atoms with Crippen LogP contribution in [0, 0.1) is 10.8 Å². The topological polar surface area (TPSA) is 61.6 Å². The van der Waals surface area contributed by atoms with Gasteiger partial charge in [-0.1, -0.05) is 13.8 Å². The third-order valence-corrected chi connectivity index (χ3v) is 4.93. The zero-order valence-electron chi connectivity index (χ0n) is 16.4. The summed E-state index contributed by atoms with van der Waals surface area (Å²) in [4.78, 5) is 0. The summed E-state index contributed by atoms with van der Waals surface area (Å²) in [7, 11) is 0. The van der Waals surface area contributed by atoms with Crippen LogP contribution in [0.15, 0.2) is 58.8 Å². The van der Waals surface area contributed by atoms with Crippen LogP contribution in [-0.2, 0) is 9.47 Å². The number of nitrogens with zero attached hydrogens (tertiary/aromatic N) is 2. The van der Waals surface area contributed by atoms with Gasteiger partial charge in [-0.25, -0.2) is 0 Å². The highest BCUT2D eigenvalue weighted by Gasteiger charge is 2.34. The highest BCUT2D eigenvalue weighted by molar-refractivity contribution is 5.44. The number of ether oxygens (including phenoxy) is 4. The van der Waals surface area contributed by atoms with Crippen molar-refractivity contribution in [2.45, 2.75) is 13.8 Å². The molecule has 2 aromatic carbocycles. The summed E-state index contributed by atoms with van der Waals surface area (Å²) in [5.41, 5.74) is 1.84. The highest BCUT2D eigenvalue weighted by Crippen LogP contribution is 2.30. The van der Waals surface area contributed by atoms with E-state index in [-0.39, 0.29) is 10.8 Å². The average Bonchev–Trinajstić information content (AvgIpc) is 2.68. The van der Waals surface area contributed by atoms with Gasteiger partial charge >= 0.3 is 0 Å². The largest absolute Gasteiger partial charge is 0.493 e. The lowest BCUT2D eigenvalue weighted by Gasteiger charge is -2.37. The molecule has 0 radical (unpaired) electrons. The van der Waals surface area contributed by atoms with E-state index >= 15 is 0 Å². The minimum atomic E-state index is 0.137. The zero-order chi connectivity index (χ0) is 19.5. The maximum atomic E-state index is 5.83. The maximum Gasteiger partial charge on any atom is 0.119 e. The first-order chi connectivity index (χ1) is 13.5. The SMILES string of the molecule is CC1(COc2ccc(N=Nc3ccc(OCC4(C)COC4)cc3)cc2)COC1. The summed E-state index contributed by atoms with van der Waals surface area (Å²) < 4.78 is 22.1. The first-order valence-corrected chi connectivity index (χ1v) is 9.55. The van der Waals surface area contributed by atoms with E-state index in [4.69, 9.17) is 18.9 Å². The van der Waals surface area contributed by atoms with Crippen molar-refractivity contribution in [3.05, 3.63) is 48.5 Å². The molecule has 2 aromatic rings. The van der Waals surface area contributed by atoms with Crippen LogP contribution in [0.5, 0.6) is 11.5 Å². The van der Waals surface area contributed by atoms with Crippen molar-refractivity contribution in [3.63, 3.8) is 0 Å². The van der Waals surface area contributed by atoms with Gasteiger partial charge in [-0.2, -0.15) is 10.2 Å². The number of hydrogen-bond donors (Lipinski definition) is 0. The number of azo groups is 1. The van der Waals surface area contributed by atoms with E-state index in [1.54, 1.807) is 0 Å². The maximum absolute atomic E-state index is 5.83. The fourth-order valence-corrected chi connectivity index (χ4v) is 2.92. The Morgan fingerprint density at radius 1 is 0.679 bits per heavy atom. The van der Waals surface area contributed by atoms with E-state index in [0.29, 0.717) is 13.2 Å². The highest BCUT2D eigenvalue weighted by atomic mass is 16.5. The van der Waals surface area contributed by atoms with Crippen LogP contribution in [0.25, 0.3) is 0 Å². The Morgan fingerprint density at radius 2 is 1.04 bits per heavy atom. The molecule has 0 spiro atoms. The lowest BCUT2D eigenvalue weighted by Crippen LogP contribution is -2.44. The summed E-state index contributed by atoms with van der Waals surface area (Å²) in [6.45, 7) is 8.69. The molecule has 0 saturated carbocycles. The van der Waals surface area contributed by atoms with Crippen LogP contribution in [-0.4, -0.2) is 39.6 Å². The van der Waals surface area contributed by atoms with Crippen LogP contribution < -0.4 is 9.47 Å². The van der Waals surface area contributed by atoms with E-state index < -0.39 is 0 Å². The lowest BCUT2D eigenvalue weighted by molar-refractivity contribution is -0.120. The molecule has 2 heterocycles. The second kappa shape index (κ2) is 7.89. The summed E-state index contributed by atoms with van der Waals surface area (Å²) in [5.74, 6) is 1.67. The van der Waals surface area contributed by atoms with Crippen LogP contribution in [0.4, 0.5) is 11.4 Å². The van der Waals surface area contributed by atoms with E-state index in [2.05, 4.69) is 24.1 Å². The van der Waals surface area contributed by atoms with E-state index in [9.17, 15) is 0 Å². The molecule has 0 aliphatic carbocycles. The predicted molar refractivity (Wildman–Crippen MR) is 106 cm³/mol. The van der Waals surface area contributed by atoms with Crippen molar-refractivity contribution in [1.29, 1.82) is 0 Å². The molecule has 0 N–H and O–H groups in total. The minimum absolute atomic E-state index is 0.137. The van der Waals surface area contributed by atoms with Gasteiger partial charge in [0.05, 0.1) is 51.0 Å². The molecule has 2 aliphatic rings. The second-order valence-electron chi connectivity index (χ2n) is 8.37. The van der Waals surface area contributed by atoms with Gasteiger partial charge in [0, 0.05) is 10.8 Å². The van der Waals surface area contributed by atoms with Crippen LogP contribution in [0.3, 0.4) is 0 Å². The van der Waals surface area contributed by atoms with E-state index in [0.717, 1.165) is 49.3 Å².